The molecule has 3 aromatic carbocycles. The van der Waals surface area contributed by atoms with Crippen LogP contribution in [0.25, 0.3) is 6.08 Å². The number of hydrogen-bond acceptors (Lipinski definition) is 6. The Morgan fingerprint density at radius 3 is 2.15 bits per heavy atom. The van der Waals surface area contributed by atoms with Crippen molar-refractivity contribution in [3.05, 3.63) is 93.8 Å². The minimum absolute atomic E-state index is 0.0144. The van der Waals surface area contributed by atoms with Crippen molar-refractivity contribution in [3.63, 3.8) is 0 Å². The van der Waals surface area contributed by atoms with Crippen molar-refractivity contribution < 1.29 is 45.8 Å². The lowest BCUT2D eigenvalue weighted by Gasteiger charge is -2.15. The number of halogens is 5. The third-order valence-electron chi connectivity index (χ3n) is 5.82. The topological polar surface area (TPSA) is 77.4 Å². The number of amides is 1. The predicted molar refractivity (Wildman–Crippen MR) is 135 cm³/mol. The predicted octanol–water partition coefficient (Wildman–Crippen LogP) is 5.95. The summed E-state index contributed by atoms with van der Waals surface area (Å²) in [6, 6.07) is 11.3. The number of nitrogens with zero attached hydrogens (tertiary/aromatic N) is 2. The first-order chi connectivity index (χ1) is 19.1. The molecule has 1 heterocycles. The molecule has 1 aliphatic rings. The van der Waals surface area contributed by atoms with E-state index in [1.165, 1.54) is 26.2 Å². The summed E-state index contributed by atoms with van der Waals surface area (Å²) in [7, 11) is 1.39. The molecule has 208 valence electrons. The third kappa shape index (κ3) is 5.37. The molecule has 0 aliphatic carbocycles. The first kappa shape index (κ1) is 28.3. The van der Waals surface area contributed by atoms with Crippen molar-refractivity contribution in [1.29, 1.82) is 0 Å². The Bertz CT molecular complexity index is 1520. The van der Waals surface area contributed by atoms with Gasteiger partial charge in [0.05, 0.1) is 30.6 Å². The van der Waals surface area contributed by atoms with Gasteiger partial charge in [-0.25, -0.2) is 26.7 Å². The number of rotatable bonds is 8. The minimum Gasteiger partial charge on any atom is -0.493 e. The van der Waals surface area contributed by atoms with Crippen LogP contribution < -0.4 is 14.5 Å². The van der Waals surface area contributed by atoms with Crippen molar-refractivity contribution >= 4 is 29.4 Å². The number of anilines is 1. The quantitative estimate of drug-likeness (QED) is 0.112. The van der Waals surface area contributed by atoms with E-state index in [0.717, 1.165) is 5.56 Å². The fourth-order valence-corrected chi connectivity index (χ4v) is 3.79. The Balaban J connectivity index is 1.54. The lowest BCUT2D eigenvalue weighted by molar-refractivity contribution is -0.114. The molecule has 0 saturated carbocycles. The highest BCUT2D eigenvalue weighted by Gasteiger charge is 2.37. The molecule has 1 aliphatic heterocycles. The number of hydrogen-bond donors (Lipinski definition) is 0. The highest BCUT2D eigenvalue weighted by atomic mass is 19.2. The van der Waals surface area contributed by atoms with E-state index in [4.69, 9.17) is 14.2 Å². The molecule has 3 aromatic rings. The van der Waals surface area contributed by atoms with Crippen LogP contribution in [0.5, 0.6) is 11.5 Å². The SMILES string of the molecule is CCOC(=O)c1ccc(COc2ccc(/C=C3\C(=O)N(c4c(F)c(F)c(F)c(F)c4F)N=C3C)cc2OC)cc1. The Labute approximate surface area is 225 Å². The van der Waals surface area contributed by atoms with Gasteiger partial charge in [0, 0.05) is 0 Å². The van der Waals surface area contributed by atoms with Crippen LogP contribution in [0.1, 0.15) is 35.3 Å². The fourth-order valence-electron chi connectivity index (χ4n) is 3.79. The monoisotopic (exact) mass is 560 g/mol. The van der Waals surface area contributed by atoms with E-state index in [1.807, 2.05) is 0 Å². The molecule has 1 amide bonds. The zero-order valence-corrected chi connectivity index (χ0v) is 21.4. The zero-order valence-electron chi connectivity index (χ0n) is 21.4. The molecule has 0 saturated heterocycles. The molecule has 0 spiro atoms. The summed E-state index contributed by atoms with van der Waals surface area (Å²) >= 11 is 0. The normalized spacial score (nSPS) is 14.0. The van der Waals surface area contributed by atoms with E-state index in [-0.39, 0.29) is 35.3 Å². The van der Waals surface area contributed by atoms with Crippen LogP contribution in [0.2, 0.25) is 0 Å². The number of benzene rings is 3. The van der Waals surface area contributed by atoms with Gasteiger partial charge in [-0.3, -0.25) is 4.79 Å². The highest BCUT2D eigenvalue weighted by molar-refractivity contribution is 6.32. The molecule has 0 fully saturated rings. The maximum absolute atomic E-state index is 14.3. The van der Waals surface area contributed by atoms with Crippen molar-refractivity contribution in [2.45, 2.75) is 20.5 Å². The van der Waals surface area contributed by atoms with Crippen molar-refractivity contribution in [2.75, 3.05) is 18.7 Å². The van der Waals surface area contributed by atoms with Crippen LogP contribution >= 0.6 is 0 Å². The molecule has 12 heteroatoms. The Hall–Kier alpha value is -4.74. The zero-order chi connectivity index (χ0) is 29.1. The van der Waals surface area contributed by atoms with Crippen LogP contribution in [0, 0.1) is 29.1 Å². The van der Waals surface area contributed by atoms with Crippen molar-refractivity contribution in [3.8, 4) is 11.5 Å². The molecule has 0 atom stereocenters. The molecule has 0 unspecified atom stereocenters. The summed E-state index contributed by atoms with van der Waals surface area (Å²) in [4.78, 5) is 24.7. The molecule has 4 rings (SSSR count). The standard InChI is InChI=1S/C28H21F5N2O5/c1-4-39-28(37)17-8-5-15(6-9-17)13-40-19-10-7-16(12-20(19)38-3)11-18-14(2)34-35(27(18)36)26-24(32)22(30)21(29)23(31)25(26)33/h5-12H,4,13H2,1-3H3/b18-11-. The Kier molecular flexibility index (Phi) is 8.17. The summed E-state index contributed by atoms with van der Waals surface area (Å²) in [6.45, 7) is 3.46. The number of ether oxygens (including phenoxy) is 3. The number of carbonyl (C=O) groups excluding carboxylic acids is 2. The second-order valence-electron chi connectivity index (χ2n) is 8.40. The van der Waals surface area contributed by atoms with Gasteiger partial charge >= 0.3 is 5.97 Å². The van der Waals surface area contributed by atoms with Gasteiger partial charge in [-0.05, 0) is 55.3 Å². The third-order valence-corrected chi connectivity index (χ3v) is 5.82. The number of methoxy groups -OCH3 is 1. The van der Waals surface area contributed by atoms with Crippen LogP contribution in [0.15, 0.2) is 53.1 Å². The number of hydrazone groups is 1. The molecule has 40 heavy (non-hydrogen) atoms. The second-order valence-corrected chi connectivity index (χ2v) is 8.40. The molecule has 7 nitrogen and oxygen atoms in total. The number of esters is 1. The fraction of sp³-hybridized carbons (Fsp3) is 0.179. The number of carbonyl (C=O) groups is 2. The van der Waals surface area contributed by atoms with Gasteiger partial charge in [0.2, 0.25) is 5.82 Å². The van der Waals surface area contributed by atoms with E-state index >= 15 is 0 Å². The van der Waals surface area contributed by atoms with Crippen molar-refractivity contribution in [2.24, 2.45) is 5.10 Å². The van der Waals surface area contributed by atoms with E-state index in [0.29, 0.717) is 16.9 Å². The lowest BCUT2D eigenvalue weighted by atomic mass is 10.1. The van der Waals surface area contributed by atoms with Gasteiger partial charge < -0.3 is 14.2 Å². The average Bonchev–Trinajstić information content (AvgIpc) is 3.22. The molecule has 0 bridgehead atoms. The molecule has 0 N–H and O–H groups in total. The maximum Gasteiger partial charge on any atom is 0.338 e. The van der Waals surface area contributed by atoms with E-state index in [9.17, 15) is 31.5 Å². The second kappa shape index (κ2) is 11.6. The summed E-state index contributed by atoms with van der Waals surface area (Å²) in [5, 5.41) is 3.85. The van der Waals surface area contributed by atoms with Gasteiger partial charge in [0.1, 0.15) is 12.3 Å². The highest BCUT2D eigenvalue weighted by Crippen LogP contribution is 2.35. The van der Waals surface area contributed by atoms with Crippen LogP contribution in [-0.4, -0.2) is 31.3 Å². The van der Waals surface area contributed by atoms with Crippen LogP contribution in [-0.2, 0) is 16.1 Å². The first-order valence-corrected chi connectivity index (χ1v) is 11.8. The van der Waals surface area contributed by atoms with Gasteiger partial charge in [-0.15, -0.1) is 0 Å². The average molecular weight is 560 g/mol. The van der Waals surface area contributed by atoms with Crippen LogP contribution in [0.4, 0.5) is 27.6 Å². The minimum atomic E-state index is -2.34. The summed E-state index contributed by atoms with van der Waals surface area (Å²) in [6.07, 6.45) is 1.33. The molecule has 0 radical (unpaired) electrons. The molecular weight excluding hydrogens is 539 g/mol. The van der Waals surface area contributed by atoms with E-state index in [1.54, 1.807) is 43.3 Å². The summed E-state index contributed by atoms with van der Waals surface area (Å²) in [5.41, 5.74) is -0.0562. The van der Waals surface area contributed by atoms with E-state index in [2.05, 4.69) is 5.10 Å². The van der Waals surface area contributed by atoms with Gasteiger partial charge in [-0.1, -0.05) is 18.2 Å². The Morgan fingerprint density at radius 1 is 0.925 bits per heavy atom. The van der Waals surface area contributed by atoms with Gasteiger partial charge in [0.15, 0.2) is 34.8 Å². The first-order valence-electron chi connectivity index (χ1n) is 11.8. The smallest absolute Gasteiger partial charge is 0.338 e. The van der Waals surface area contributed by atoms with E-state index < -0.39 is 46.6 Å². The lowest BCUT2D eigenvalue weighted by Crippen LogP contribution is -2.25. The van der Waals surface area contributed by atoms with Crippen LogP contribution in [0.3, 0.4) is 0 Å². The van der Waals surface area contributed by atoms with Gasteiger partial charge in [-0.2, -0.15) is 10.1 Å². The largest absolute Gasteiger partial charge is 0.493 e. The molecular formula is C28H21F5N2O5. The summed E-state index contributed by atoms with van der Waals surface area (Å²) in [5.74, 6) is -12.0. The maximum atomic E-state index is 14.3. The van der Waals surface area contributed by atoms with Crippen molar-refractivity contribution in [1.82, 2.24) is 0 Å². The summed E-state index contributed by atoms with van der Waals surface area (Å²) < 4.78 is 85.5. The van der Waals surface area contributed by atoms with Gasteiger partial charge in [0.25, 0.3) is 5.91 Å². The Morgan fingerprint density at radius 2 is 1.55 bits per heavy atom. The molecule has 0 aromatic heterocycles.